The molecule has 3 rings (SSSR count). The molecule has 88 valence electrons. The van der Waals surface area contributed by atoms with Crippen LogP contribution in [0.25, 0.3) is 10.6 Å². The minimum Gasteiger partial charge on any atom is -0.326 e. The zero-order valence-corrected chi connectivity index (χ0v) is 10.5. The Hall–Kier alpha value is -2.19. The number of rotatable bonds is 1. The second kappa shape index (κ2) is 3.93. The summed E-state index contributed by atoms with van der Waals surface area (Å²) in [5.41, 5.74) is 3.58. The van der Waals surface area contributed by atoms with Gasteiger partial charge in [-0.25, -0.2) is 4.98 Å². The van der Waals surface area contributed by atoms with Gasteiger partial charge in [0.15, 0.2) is 0 Å². The number of amides is 1. The van der Waals surface area contributed by atoms with Crippen molar-refractivity contribution >= 4 is 22.9 Å². The SMILES string of the molecule is Cc1nc(-c2ccc3c(c2)CC(=O)N3)sc1C#N. The number of hydrogen-bond acceptors (Lipinski definition) is 4. The molecule has 1 aliphatic rings. The molecule has 5 heteroatoms. The average molecular weight is 255 g/mol. The largest absolute Gasteiger partial charge is 0.326 e. The Kier molecular flexibility index (Phi) is 2.39. The fraction of sp³-hybridized carbons (Fsp3) is 0.154. The van der Waals surface area contributed by atoms with Gasteiger partial charge >= 0.3 is 0 Å². The van der Waals surface area contributed by atoms with Crippen molar-refractivity contribution in [2.24, 2.45) is 0 Å². The number of hydrogen-bond donors (Lipinski definition) is 1. The minimum atomic E-state index is 0.0233. The first-order valence-corrected chi connectivity index (χ1v) is 6.29. The van der Waals surface area contributed by atoms with Crippen LogP contribution in [0.4, 0.5) is 5.69 Å². The molecule has 1 N–H and O–H groups in total. The maximum absolute atomic E-state index is 11.3. The lowest BCUT2D eigenvalue weighted by atomic mass is 10.1. The predicted octanol–water partition coefficient (Wildman–Crippen LogP) is 2.48. The van der Waals surface area contributed by atoms with Crippen LogP contribution in [0, 0.1) is 18.3 Å². The van der Waals surface area contributed by atoms with E-state index in [4.69, 9.17) is 5.26 Å². The van der Waals surface area contributed by atoms with E-state index < -0.39 is 0 Å². The summed E-state index contributed by atoms with van der Waals surface area (Å²) in [5.74, 6) is 0.0233. The molecule has 0 saturated heterocycles. The minimum absolute atomic E-state index is 0.0233. The lowest BCUT2D eigenvalue weighted by Gasteiger charge is -2.00. The fourth-order valence-electron chi connectivity index (χ4n) is 1.99. The number of aromatic nitrogens is 1. The Bertz CT molecular complexity index is 697. The zero-order chi connectivity index (χ0) is 12.7. The van der Waals surface area contributed by atoms with Crippen LogP contribution in [-0.2, 0) is 11.2 Å². The third kappa shape index (κ3) is 1.67. The van der Waals surface area contributed by atoms with E-state index in [-0.39, 0.29) is 5.91 Å². The molecule has 0 unspecified atom stereocenters. The van der Waals surface area contributed by atoms with Gasteiger partial charge in [0.2, 0.25) is 5.91 Å². The molecule has 0 saturated carbocycles. The molecule has 2 heterocycles. The first-order chi connectivity index (χ1) is 8.67. The summed E-state index contributed by atoms with van der Waals surface area (Å²) in [6, 6.07) is 7.91. The molecule has 18 heavy (non-hydrogen) atoms. The first-order valence-electron chi connectivity index (χ1n) is 5.48. The third-order valence-corrected chi connectivity index (χ3v) is 3.99. The van der Waals surface area contributed by atoms with Gasteiger partial charge < -0.3 is 5.32 Å². The molecule has 0 bridgehead atoms. The monoisotopic (exact) mass is 255 g/mol. The van der Waals surface area contributed by atoms with Gasteiger partial charge in [-0.1, -0.05) is 0 Å². The highest BCUT2D eigenvalue weighted by atomic mass is 32.1. The van der Waals surface area contributed by atoms with E-state index in [2.05, 4.69) is 16.4 Å². The van der Waals surface area contributed by atoms with E-state index in [1.54, 1.807) is 0 Å². The van der Waals surface area contributed by atoms with Gasteiger partial charge in [-0.2, -0.15) is 5.26 Å². The van der Waals surface area contributed by atoms with Crippen LogP contribution in [0.3, 0.4) is 0 Å². The third-order valence-electron chi connectivity index (χ3n) is 2.88. The molecule has 1 amide bonds. The number of anilines is 1. The zero-order valence-electron chi connectivity index (χ0n) is 9.65. The molecule has 1 aromatic heterocycles. The fourth-order valence-corrected chi connectivity index (χ4v) is 2.85. The van der Waals surface area contributed by atoms with Crippen molar-refractivity contribution in [1.82, 2.24) is 4.98 Å². The van der Waals surface area contributed by atoms with E-state index in [0.717, 1.165) is 27.5 Å². The number of carbonyl (C=O) groups is 1. The molecule has 0 fully saturated rings. The summed E-state index contributed by atoms with van der Waals surface area (Å²) in [6.45, 7) is 1.83. The number of nitriles is 1. The topological polar surface area (TPSA) is 65.8 Å². The first kappa shape index (κ1) is 10.9. The van der Waals surface area contributed by atoms with Crippen LogP contribution < -0.4 is 5.32 Å². The van der Waals surface area contributed by atoms with Gasteiger partial charge in [0, 0.05) is 11.3 Å². The molecule has 1 aliphatic heterocycles. The van der Waals surface area contributed by atoms with E-state index in [1.165, 1.54) is 11.3 Å². The summed E-state index contributed by atoms with van der Waals surface area (Å²) in [5, 5.41) is 12.6. The molecular weight excluding hydrogens is 246 g/mol. The molecule has 0 spiro atoms. The van der Waals surface area contributed by atoms with Crippen molar-refractivity contribution in [2.75, 3.05) is 5.32 Å². The van der Waals surface area contributed by atoms with Gasteiger partial charge in [-0.3, -0.25) is 4.79 Å². The summed E-state index contributed by atoms with van der Waals surface area (Å²) >= 11 is 1.38. The molecule has 0 aliphatic carbocycles. The number of nitrogens with zero attached hydrogens (tertiary/aromatic N) is 2. The molecule has 2 aromatic rings. The Morgan fingerprint density at radius 2 is 2.33 bits per heavy atom. The highest BCUT2D eigenvalue weighted by molar-refractivity contribution is 7.15. The quantitative estimate of drug-likeness (QED) is 0.851. The second-order valence-corrected chi connectivity index (χ2v) is 5.14. The Morgan fingerprint density at radius 1 is 1.50 bits per heavy atom. The summed E-state index contributed by atoms with van der Waals surface area (Å²) in [6.07, 6.45) is 0.415. The average Bonchev–Trinajstić information content (AvgIpc) is 2.89. The summed E-state index contributed by atoms with van der Waals surface area (Å²) in [4.78, 5) is 16.3. The summed E-state index contributed by atoms with van der Waals surface area (Å²) < 4.78 is 0. The highest BCUT2D eigenvalue weighted by Crippen LogP contribution is 2.32. The van der Waals surface area contributed by atoms with Crippen LogP contribution in [0.2, 0.25) is 0 Å². The number of benzene rings is 1. The van der Waals surface area contributed by atoms with Crippen molar-refractivity contribution in [3.8, 4) is 16.6 Å². The van der Waals surface area contributed by atoms with Gasteiger partial charge in [0.25, 0.3) is 0 Å². The van der Waals surface area contributed by atoms with Crippen LogP contribution in [0.5, 0.6) is 0 Å². The number of aryl methyl sites for hydroxylation is 1. The van der Waals surface area contributed by atoms with Crippen molar-refractivity contribution in [3.05, 3.63) is 34.3 Å². The van der Waals surface area contributed by atoms with Gasteiger partial charge in [-0.05, 0) is 30.7 Å². The number of thiazole rings is 1. The summed E-state index contributed by atoms with van der Waals surface area (Å²) in [7, 11) is 0. The lowest BCUT2D eigenvalue weighted by molar-refractivity contribution is -0.115. The smallest absolute Gasteiger partial charge is 0.228 e. The highest BCUT2D eigenvalue weighted by Gasteiger charge is 2.18. The maximum Gasteiger partial charge on any atom is 0.228 e. The molecule has 4 nitrogen and oxygen atoms in total. The van der Waals surface area contributed by atoms with Crippen LogP contribution in [0.1, 0.15) is 16.1 Å². The Labute approximate surface area is 108 Å². The molecule has 0 atom stereocenters. The van der Waals surface area contributed by atoms with E-state index in [1.807, 2.05) is 25.1 Å². The van der Waals surface area contributed by atoms with E-state index >= 15 is 0 Å². The molecular formula is C13H9N3OS. The number of nitrogens with one attached hydrogen (secondary N) is 1. The predicted molar refractivity (Wildman–Crippen MR) is 69.3 cm³/mol. The van der Waals surface area contributed by atoms with Crippen molar-refractivity contribution in [1.29, 1.82) is 5.26 Å². The standard InChI is InChI=1S/C13H9N3OS/c1-7-11(6-14)18-13(15-7)8-2-3-10-9(4-8)5-12(17)16-10/h2-4H,5H2,1H3,(H,16,17). The van der Waals surface area contributed by atoms with E-state index in [9.17, 15) is 4.79 Å². The van der Waals surface area contributed by atoms with Crippen LogP contribution >= 0.6 is 11.3 Å². The molecule has 1 aromatic carbocycles. The Balaban J connectivity index is 2.06. The maximum atomic E-state index is 11.3. The number of carbonyl (C=O) groups excluding carboxylic acids is 1. The lowest BCUT2D eigenvalue weighted by Crippen LogP contribution is -2.03. The van der Waals surface area contributed by atoms with Gasteiger partial charge in [-0.15, -0.1) is 11.3 Å². The van der Waals surface area contributed by atoms with Gasteiger partial charge in [0.05, 0.1) is 12.1 Å². The Morgan fingerprint density at radius 3 is 3.06 bits per heavy atom. The van der Waals surface area contributed by atoms with Crippen molar-refractivity contribution in [3.63, 3.8) is 0 Å². The van der Waals surface area contributed by atoms with E-state index in [0.29, 0.717) is 11.3 Å². The van der Waals surface area contributed by atoms with Crippen LogP contribution in [0.15, 0.2) is 18.2 Å². The van der Waals surface area contributed by atoms with Crippen molar-refractivity contribution in [2.45, 2.75) is 13.3 Å². The van der Waals surface area contributed by atoms with Crippen molar-refractivity contribution < 1.29 is 4.79 Å². The molecule has 0 radical (unpaired) electrons. The van der Waals surface area contributed by atoms with Crippen LogP contribution in [-0.4, -0.2) is 10.9 Å². The second-order valence-electron chi connectivity index (χ2n) is 4.14. The number of fused-ring (bicyclic) bond motifs is 1. The van der Waals surface area contributed by atoms with Gasteiger partial charge in [0.1, 0.15) is 16.0 Å². The normalized spacial score (nSPS) is 13.0.